The van der Waals surface area contributed by atoms with Crippen molar-refractivity contribution in [2.75, 3.05) is 35.5 Å². The molecule has 2 amide bonds. The van der Waals surface area contributed by atoms with Crippen molar-refractivity contribution in [3.8, 4) is 5.75 Å². The predicted octanol–water partition coefficient (Wildman–Crippen LogP) is 3.57. The zero-order valence-electron chi connectivity index (χ0n) is 40.7. The van der Waals surface area contributed by atoms with Gasteiger partial charge in [-0.05, 0) is 91.3 Å². The summed E-state index contributed by atoms with van der Waals surface area (Å²) >= 11 is 3.82. The van der Waals surface area contributed by atoms with Crippen LogP contribution in [0.1, 0.15) is 62.6 Å². The minimum Gasteiger partial charge on any atom is -1.00 e. The number of nitrogen functional groups attached to an aromatic ring is 2. The number of aromatic nitrogens is 3. The molecule has 4 aromatic carbocycles. The Hall–Kier alpha value is -7.13. The standard InChI is InChI=1S/C52H53N9O8S3.ClH/c1-50(2,3)68-47(65)51(4,5)69-59-40(38-31-71-48(55-38)58-52(34-16-10-7-11-17-34,35-18-12-8-13-19-35)36-20-14-9-15-21-36)43(62)57-41-44(63)61-42(46(64)67-28-32-22-24-37(66-6)25-23-32)33(29-70-45(41)61)30-72-49-56-39(53)26-27-60(49)54;/h7-27,31,41,45,53H,28-30,54H2,1-6H3,(H2,55,57,58,62);1H/b59-40-;. The minimum atomic E-state index is -1.66. The minimum absolute atomic E-state index is 0. The van der Waals surface area contributed by atoms with E-state index < -0.39 is 51.9 Å². The average molecular weight is 1060 g/mol. The first-order valence-corrected chi connectivity index (χ1v) is 25.6. The highest BCUT2D eigenvalue weighted by atomic mass is 35.5. The summed E-state index contributed by atoms with van der Waals surface area (Å²) in [5, 5.41) is 12.6. The second-order valence-corrected chi connectivity index (χ2v) is 21.0. The van der Waals surface area contributed by atoms with Crippen molar-refractivity contribution in [2.45, 2.75) is 74.5 Å². The number of nitrogens with two attached hydrogens (primary N) is 2. The van der Waals surface area contributed by atoms with Gasteiger partial charge in [0.15, 0.2) is 10.8 Å². The molecule has 2 aliphatic heterocycles. The van der Waals surface area contributed by atoms with Crippen LogP contribution in [-0.4, -0.2) is 85.6 Å². The molecule has 0 saturated carbocycles. The highest BCUT2D eigenvalue weighted by molar-refractivity contribution is 8.01. The van der Waals surface area contributed by atoms with E-state index in [1.54, 1.807) is 69.8 Å². The van der Waals surface area contributed by atoms with Crippen molar-refractivity contribution in [1.82, 2.24) is 20.2 Å². The van der Waals surface area contributed by atoms with Gasteiger partial charge in [0.2, 0.25) is 11.4 Å². The van der Waals surface area contributed by atoms with Gasteiger partial charge in [-0.1, -0.05) is 108 Å². The van der Waals surface area contributed by atoms with Crippen molar-refractivity contribution < 1.29 is 55.3 Å². The molecule has 6 N–H and O–H groups in total. The number of hydrogen-bond donors (Lipinski definition) is 4. The molecule has 2 aromatic heterocycles. The van der Waals surface area contributed by atoms with Crippen LogP contribution in [-0.2, 0) is 45.6 Å². The topological polar surface area (TPSA) is 227 Å². The number of thiazole rings is 1. The number of benzene rings is 4. The number of rotatable bonds is 18. The van der Waals surface area contributed by atoms with Crippen molar-refractivity contribution in [2.24, 2.45) is 5.16 Å². The summed E-state index contributed by atoms with van der Waals surface area (Å²) in [7, 11) is 1.56. The van der Waals surface area contributed by atoms with Gasteiger partial charge in [0, 0.05) is 23.0 Å². The van der Waals surface area contributed by atoms with Crippen LogP contribution in [0.3, 0.4) is 0 Å². The number of nitrogens with zero attached hydrogens (tertiary/aromatic N) is 5. The summed E-state index contributed by atoms with van der Waals surface area (Å²) in [5.74, 6) is 4.69. The van der Waals surface area contributed by atoms with E-state index in [4.69, 9.17) is 35.6 Å². The number of hydrogen-bond acceptors (Lipinski definition) is 17. The third-order valence-corrected chi connectivity index (χ3v) is 14.6. The zero-order valence-corrected chi connectivity index (χ0v) is 43.9. The molecule has 0 spiro atoms. The van der Waals surface area contributed by atoms with E-state index in [0.29, 0.717) is 27.2 Å². The highest BCUT2D eigenvalue weighted by Crippen LogP contribution is 2.43. The number of esters is 2. The average Bonchev–Trinajstić information content (AvgIpc) is 3.84. The van der Waals surface area contributed by atoms with Crippen molar-refractivity contribution >= 4 is 75.3 Å². The van der Waals surface area contributed by atoms with Crippen LogP contribution >= 0.6 is 34.9 Å². The first kappa shape index (κ1) is 53.7. The molecule has 21 heteroatoms. The lowest BCUT2D eigenvalue weighted by molar-refractivity contribution is -0.682. The number of ether oxygens (including phenoxy) is 3. The molecule has 6 aromatic rings. The maximum atomic E-state index is 14.7. The molecule has 17 nitrogen and oxygen atoms in total. The third-order valence-electron chi connectivity index (χ3n) is 11.4. The van der Waals surface area contributed by atoms with Gasteiger partial charge in [-0.3, -0.25) is 20.3 Å². The Labute approximate surface area is 441 Å². The third kappa shape index (κ3) is 12.1. The smallest absolute Gasteiger partial charge is 0.384 e. The number of amides is 2. The molecular formula is C52H54ClN9O8S3. The Morgan fingerprint density at radius 2 is 1.48 bits per heavy atom. The molecule has 0 radical (unpaired) electrons. The van der Waals surface area contributed by atoms with Crippen LogP contribution in [0, 0.1) is 0 Å². The number of fused-ring (bicyclic) bond motifs is 1. The van der Waals surface area contributed by atoms with Gasteiger partial charge in [-0.2, -0.15) is 0 Å². The lowest BCUT2D eigenvalue weighted by Gasteiger charge is -2.49. The Kier molecular flexibility index (Phi) is 16.7. The van der Waals surface area contributed by atoms with Crippen LogP contribution in [0.15, 0.2) is 154 Å². The van der Waals surface area contributed by atoms with Crippen LogP contribution < -0.4 is 44.0 Å². The molecule has 380 valence electrons. The molecule has 0 aliphatic carbocycles. The lowest BCUT2D eigenvalue weighted by atomic mass is 9.77. The zero-order chi connectivity index (χ0) is 51.2. The van der Waals surface area contributed by atoms with Gasteiger partial charge in [0.05, 0.1) is 7.11 Å². The first-order valence-electron chi connectivity index (χ1n) is 22.7. The number of halogens is 1. The van der Waals surface area contributed by atoms with Crippen molar-refractivity contribution in [1.29, 1.82) is 0 Å². The number of carbonyl (C=O) groups is 4. The summed E-state index contributed by atoms with van der Waals surface area (Å²) in [6, 6.07) is 37.3. The van der Waals surface area contributed by atoms with Crippen molar-refractivity contribution in [3.05, 3.63) is 172 Å². The molecule has 4 heterocycles. The van der Waals surface area contributed by atoms with Gasteiger partial charge in [0.25, 0.3) is 11.8 Å². The number of thioether (sulfide) groups is 2. The number of carbonyl (C=O) groups excluding carboxylic acids is 4. The summed E-state index contributed by atoms with van der Waals surface area (Å²) in [4.78, 5) is 73.1. The van der Waals surface area contributed by atoms with Crippen molar-refractivity contribution in [3.63, 3.8) is 0 Å². The Morgan fingerprint density at radius 3 is 2.05 bits per heavy atom. The van der Waals surface area contributed by atoms with E-state index >= 15 is 0 Å². The molecule has 1 fully saturated rings. The SMILES string of the molecule is COc1ccc(COC(=O)C2=C(CSc3nc(N)cc[n+]3N)CSC3C(NC(=O)/C(=N\OC(C)(C)C(=O)OC(C)(C)C)c4csc(NC(c5ccccc5)(c5ccccc5)c5ccccc5)n4)C(=O)N23)cc1.[Cl-]. The first-order chi connectivity index (χ1) is 34.5. The summed E-state index contributed by atoms with van der Waals surface area (Å²) < 4.78 is 18.0. The fourth-order valence-corrected chi connectivity index (χ4v) is 10.9. The number of anilines is 2. The molecule has 0 bridgehead atoms. The summed E-state index contributed by atoms with van der Waals surface area (Å²) in [5.41, 5.74) is 6.38. The molecule has 1 saturated heterocycles. The van der Waals surface area contributed by atoms with Gasteiger partial charge >= 0.3 is 17.1 Å². The molecule has 73 heavy (non-hydrogen) atoms. The van der Waals surface area contributed by atoms with Crippen LogP contribution in [0.5, 0.6) is 5.75 Å². The number of methoxy groups -OCH3 is 1. The predicted molar refractivity (Wildman–Crippen MR) is 277 cm³/mol. The number of β-lactam (4-membered cyclic amide) rings is 1. The Bertz CT molecular complexity index is 2910. The lowest BCUT2D eigenvalue weighted by Crippen LogP contribution is -3.00. The maximum Gasteiger partial charge on any atom is 0.384 e. The molecule has 2 aliphatic rings. The van der Waals surface area contributed by atoms with Gasteiger partial charge < -0.3 is 47.8 Å². The molecule has 2 unspecified atom stereocenters. The van der Waals surface area contributed by atoms with Crippen LogP contribution in [0.2, 0.25) is 0 Å². The molecular weight excluding hydrogens is 1010 g/mol. The summed E-state index contributed by atoms with van der Waals surface area (Å²) in [6.07, 6.45) is 1.57. The van der Waals surface area contributed by atoms with E-state index in [9.17, 15) is 19.2 Å². The second kappa shape index (κ2) is 22.7. The van der Waals surface area contributed by atoms with E-state index in [1.165, 1.54) is 58.3 Å². The normalized spacial score (nSPS) is 15.8. The molecule has 8 rings (SSSR count). The van der Waals surface area contributed by atoms with Gasteiger partial charge in [-0.25, -0.2) is 14.6 Å². The Balaban J connectivity index is 0.00000780. The van der Waals surface area contributed by atoms with Gasteiger partial charge in [-0.15, -0.1) is 27.8 Å². The molecule has 2 atom stereocenters. The van der Waals surface area contributed by atoms with E-state index in [1.807, 2.05) is 91.0 Å². The van der Waals surface area contributed by atoms with E-state index in [0.717, 1.165) is 16.7 Å². The number of nitrogens with one attached hydrogen (secondary N) is 2. The van der Waals surface area contributed by atoms with E-state index in [2.05, 4.69) is 20.8 Å². The fraction of sp³-hybridized carbons (Fsp3) is 0.269. The second-order valence-electron chi connectivity index (χ2n) is 18.1. The fourth-order valence-electron chi connectivity index (χ4n) is 7.80. The monoisotopic (exact) mass is 1060 g/mol. The quantitative estimate of drug-likeness (QED) is 0.0111. The highest BCUT2D eigenvalue weighted by Gasteiger charge is 2.55. The van der Waals surface area contributed by atoms with Crippen LogP contribution in [0.4, 0.5) is 10.9 Å². The van der Waals surface area contributed by atoms with E-state index in [-0.39, 0.29) is 53.4 Å². The Morgan fingerprint density at radius 1 is 0.877 bits per heavy atom. The maximum absolute atomic E-state index is 14.7. The van der Waals surface area contributed by atoms with Gasteiger partial charge in [0.1, 0.15) is 52.5 Å². The number of oxime groups is 1. The largest absolute Gasteiger partial charge is 1.00 e. The summed E-state index contributed by atoms with van der Waals surface area (Å²) in [6.45, 7) is 8.04. The van der Waals surface area contributed by atoms with Crippen LogP contribution in [0.25, 0.3) is 0 Å².